The first-order chi connectivity index (χ1) is 14.6. The molecule has 0 spiro atoms. The minimum atomic E-state index is -1.33. The smallest absolute Gasteiger partial charge is 0.322 e. The Kier molecular flexibility index (Phi) is 11.6. The van der Waals surface area contributed by atoms with Gasteiger partial charge in [-0.05, 0) is 30.9 Å². The summed E-state index contributed by atoms with van der Waals surface area (Å²) in [5, 5.41) is 26.0. The Balaban J connectivity index is 2.91. The molecule has 0 aromatic heterocycles. The number of hydrogen-bond donors (Lipinski definition) is 6. The Morgan fingerprint density at radius 2 is 1.71 bits per heavy atom. The summed E-state index contributed by atoms with van der Waals surface area (Å²) < 4.78 is 0. The zero-order valence-electron chi connectivity index (χ0n) is 17.5. The first-order valence-corrected chi connectivity index (χ1v) is 11.1. The highest BCUT2D eigenvalue weighted by molar-refractivity contribution is 7.98. The van der Waals surface area contributed by atoms with E-state index in [0.717, 1.165) is 5.56 Å². The number of aliphatic hydroxyl groups excluding tert-OH is 1. The summed E-state index contributed by atoms with van der Waals surface area (Å²) in [6, 6.07) is 5.53. The Morgan fingerprint density at radius 1 is 1.06 bits per heavy atom. The van der Waals surface area contributed by atoms with E-state index in [-0.39, 0.29) is 6.42 Å². The van der Waals surface area contributed by atoms with Gasteiger partial charge in [-0.25, -0.2) is 0 Å². The lowest BCUT2D eigenvalue weighted by molar-refractivity contribution is -0.138. The van der Waals surface area contributed by atoms with Gasteiger partial charge in [-0.2, -0.15) is 11.8 Å². The number of nitrogens with two attached hydrogens (primary N) is 1. The third-order valence-electron chi connectivity index (χ3n) is 4.36. The number of carbonyl (C=O) groups is 4. The van der Waals surface area contributed by atoms with Crippen molar-refractivity contribution < 1.29 is 29.4 Å². The number of carboxylic acids is 1. The average Bonchev–Trinajstić information content (AvgIpc) is 2.73. The van der Waals surface area contributed by atoms with Gasteiger partial charge in [-0.15, -0.1) is 0 Å². The van der Waals surface area contributed by atoms with Gasteiger partial charge in [0, 0.05) is 6.42 Å². The van der Waals surface area contributed by atoms with Crippen molar-refractivity contribution in [3.63, 3.8) is 0 Å². The van der Waals surface area contributed by atoms with E-state index >= 15 is 0 Å². The van der Waals surface area contributed by atoms with Gasteiger partial charge < -0.3 is 31.9 Å². The molecule has 0 aliphatic carbocycles. The predicted octanol–water partition coefficient (Wildman–Crippen LogP) is -1.14. The van der Waals surface area contributed by atoms with Gasteiger partial charge in [0.2, 0.25) is 17.7 Å². The molecule has 172 valence electrons. The lowest BCUT2D eigenvalue weighted by atomic mass is 10.0. The molecule has 0 bridgehead atoms. The van der Waals surface area contributed by atoms with Crippen LogP contribution in [0.1, 0.15) is 18.9 Å². The second kappa shape index (κ2) is 13.6. The fraction of sp³-hybridized carbons (Fsp3) is 0.500. The quantitative estimate of drug-likeness (QED) is 0.217. The third kappa shape index (κ3) is 9.81. The summed E-state index contributed by atoms with van der Waals surface area (Å²) in [7, 11) is 0. The molecule has 0 fully saturated rings. The monoisotopic (exact) mass is 454 g/mol. The van der Waals surface area contributed by atoms with E-state index in [1.54, 1.807) is 30.3 Å². The predicted molar refractivity (Wildman–Crippen MR) is 117 cm³/mol. The first-order valence-electron chi connectivity index (χ1n) is 9.72. The maximum atomic E-state index is 12.8. The highest BCUT2D eigenvalue weighted by Crippen LogP contribution is 2.06. The largest absolute Gasteiger partial charge is 0.480 e. The van der Waals surface area contributed by atoms with Crippen LogP contribution in [0.3, 0.4) is 0 Å². The summed E-state index contributed by atoms with van der Waals surface area (Å²) in [6.07, 6.45) is 1.11. The summed E-state index contributed by atoms with van der Waals surface area (Å²) in [5.74, 6) is -2.65. The van der Waals surface area contributed by atoms with Crippen LogP contribution in [0.2, 0.25) is 0 Å². The molecule has 3 amide bonds. The van der Waals surface area contributed by atoms with E-state index in [0.29, 0.717) is 12.2 Å². The number of aliphatic carboxylic acids is 1. The Labute approximate surface area is 185 Å². The van der Waals surface area contributed by atoms with Crippen molar-refractivity contribution >= 4 is 35.5 Å². The molecule has 0 saturated heterocycles. The zero-order valence-corrected chi connectivity index (χ0v) is 18.4. The van der Waals surface area contributed by atoms with E-state index in [1.807, 2.05) is 6.26 Å². The summed E-state index contributed by atoms with van der Waals surface area (Å²) in [5.41, 5.74) is 6.54. The van der Waals surface area contributed by atoms with Gasteiger partial charge >= 0.3 is 5.97 Å². The molecule has 11 heteroatoms. The first kappa shape index (κ1) is 26.4. The molecule has 1 rings (SSSR count). The van der Waals surface area contributed by atoms with Gasteiger partial charge in [0.25, 0.3) is 0 Å². The normalized spacial score (nSPS) is 14.6. The van der Waals surface area contributed by atoms with Crippen LogP contribution in [0.4, 0.5) is 0 Å². The molecular formula is C20H30N4O6S. The number of aliphatic hydroxyl groups is 1. The lowest BCUT2D eigenvalue weighted by Gasteiger charge is -2.25. The van der Waals surface area contributed by atoms with E-state index in [1.165, 1.54) is 18.7 Å². The van der Waals surface area contributed by atoms with Crippen LogP contribution in [-0.4, -0.2) is 76.7 Å². The molecule has 31 heavy (non-hydrogen) atoms. The van der Waals surface area contributed by atoms with Gasteiger partial charge in [-0.1, -0.05) is 30.3 Å². The van der Waals surface area contributed by atoms with Crippen LogP contribution in [0.15, 0.2) is 30.3 Å². The second-order valence-corrected chi connectivity index (χ2v) is 7.96. The fourth-order valence-corrected chi connectivity index (χ4v) is 3.14. The molecule has 1 aromatic rings. The minimum Gasteiger partial charge on any atom is -0.480 e. The van der Waals surface area contributed by atoms with Crippen molar-refractivity contribution in [2.75, 3.05) is 18.6 Å². The number of rotatable bonds is 13. The molecule has 4 unspecified atom stereocenters. The summed E-state index contributed by atoms with van der Waals surface area (Å²) >= 11 is 1.52. The van der Waals surface area contributed by atoms with E-state index in [2.05, 4.69) is 16.0 Å². The second-order valence-electron chi connectivity index (χ2n) is 6.98. The number of benzene rings is 1. The van der Waals surface area contributed by atoms with Gasteiger partial charge in [0.05, 0.1) is 12.1 Å². The molecule has 1 aromatic carbocycles. The number of nitrogens with one attached hydrogen (secondary N) is 3. The van der Waals surface area contributed by atoms with Gasteiger partial charge in [0.1, 0.15) is 18.6 Å². The van der Waals surface area contributed by atoms with Crippen LogP contribution in [0.25, 0.3) is 0 Å². The number of carboxylic acid groups (broad SMARTS) is 1. The van der Waals surface area contributed by atoms with Crippen molar-refractivity contribution in [3.05, 3.63) is 35.9 Å². The number of amides is 3. The molecule has 0 aliphatic rings. The molecule has 7 N–H and O–H groups in total. The van der Waals surface area contributed by atoms with E-state index in [4.69, 9.17) is 10.8 Å². The Bertz CT molecular complexity index is 746. The number of thioether (sulfide) groups is 1. The lowest BCUT2D eigenvalue weighted by Crippen LogP contribution is -2.59. The number of hydrogen-bond acceptors (Lipinski definition) is 7. The zero-order chi connectivity index (χ0) is 23.4. The highest BCUT2D eigenvalue weighted by Gasteiger charge is 2.31. The fourth-order valence-electron chi connectivity index (χ4n) is 2.65. The molecule has 0 aliphatic heterocycles. The molecule has 0 saturated carbocycles. The summed E-state index contributed by atoms with van der Waals surface area (Å²) in [4.78, 5) is 48.3. The van der Waals surface area contributed by atoms with E-state index < -0.39 is 54.5 Å². The van der Waals surface area contributed by atoms with Crippen LogP contribution >= 0.6 is 11.8 Å². The molecule has 0 radical (unpaired) electrons. The number of carbonyl (C=O) groups excluding carboxylic acids is 3. The van der Waals surface area contributed by atoms with Gasteiger partial charge in [0.15, 0.2) is 0 Å². The van der Waals surface area contributed by atoms with Crippen molar-refractivity contribution in [1.29, 1.82) is 0 Å². The third-order valence-corrected chi connectivity index (χ3v) is 5.01. The topological polar surface area (TPSA) is 171 Å². The standard InChI is InChI=1S/C20H30N4O6S/c1-12(25)17(24-18(28)14(21)8-9-31-2)20(30)23-15(19(29)22-11-16(26)27)10-13-6-4-3-5-7-13/h3-7,12,14-15,17,25H,8-11,21H2,1-2H3,(H,22,29)(H,23,30)(H,24,28)(H,26,27). The van der Waals surface area contributed by atoms with Crippen LogP contribution < -0.4 is 21.7 Å². The Morgan fingerprint density at radius 3 is 2.26 bits per heavy atom. The van der Waals surface area contributed by atoms with Crippen LogP contribution in [-0.2, 0) is 25.6 Å². The van der Waals surface area contributed by atoms with E-state index in [9.17, 15) is 24.3 Å². The van der Waals surface area contributed by atoms with Crippen molar-refractivity contribution in [1.82, 2.24) is 16.0 Å². The molecular weight excluding hydrogens is 424 g/mol. The molecule has 10 nitrogen and oxygen atoms in total. The highest BCUT2D eigenvalue weighted by atomic mass is 32.2. The average molecular weight is 455 g/mol. The molecule has 4 atom stereocenters. The van der Waals surface area contributed by atoms with Gasteiger partial charge in [-0.3, -0.25) is 19.2 Å². The maximum Gasteiger partial charge on any atom is 0.322 e. The SMILES string of the molecule is CSCCC(N)C(=O)NC(C(=O)NC(Cc1ccccc1)C(=O)NCC(=O)O)C(C)O. The van der Waals surface area contributed by atoms with Crippen LogP contribution in [0.5, 0.6) is 0 Å². The van der Waals surface area contributed by atoms with Crippen molar-refractivity contribution in [2.24, 2.45) is 5.73 Å². The minimum absolute atomic E-state index is 0.0890. The van der Waals surface area contributed by atoms with Crippen LogP contribution in [0, 0.1) is 0 Å². The van der Waals surface area contributed by atoms with Crippen molar-refractivity contribution in [2.45, 2.75) is 44.0 Å². The Hall–Kier alpha value is -2.63. The summed E-state index contributed by atoms with van der Waals surface area (Å²) in [6.45, 7) is 0.718. The molecule has 0 heterocycles. The maximum absolute atomic E-state index is 12.8. The van der Waals surface area contributed by atoms with Crippen molar-refractivity contribution in [3.8, 4) is 0 Å².